The van der Waals surface area contributed by atoms with Gasteiger partial charge in [-0.15, -0.1) is 0 Å². The van der Waals surface area contributed by atoms with Crippen molar-refractivity contribution in [3.8, 4) is 0 Å². The predicted octanol–water partition coefficient (Wildman–Crippen LogP) is 2.88. The summed E-state index contributed by atoms with van der Waals surface area (Å²) >= 11 is 0.769. The van der Waals surface area contributed by atoms with E-state index in [1.807, 2.05) is 0 Å². The first-order valence-corrected chi connectivity index (χ1v) is 6.73. The molecule has 0 aliphatic carbocycles. The van der Waals surface area contributed by atoms with Gasteiger partial charge in [0.1, 0.15) is 0 Å². The van der Waals surface area contributed by atoms with Crippen LogP contribution >= 0.6 is 11.8 Å². The number of carbonyl (C=O) groups is 2. The third-order valence-electron chi connectivity index (χ3n) is 2.66. The Labute approximate surface area is 132 Å². The number of carbonyl (C=O) groups excluding carboxylic acids is 1. The molecular formula is C13H7FN2O6S. The maximum Gasteiger partial charge on any atom is 0.398 e. The summed E-state index contributed by atoms with van der Waals surface area (Å²) in [4.78, 5) is 39.5. The number of aromatic nitrogens is 1. The summed E-state index contributed by atoms with van der Waals surface area (Å²) in [6.07, 6.45) is 1.23. The van der Waals surface area contributed by atoms with Crippen LogP contribution < -0.4 is 0 Å². The highest BCUT2D eigenvalue weighted by Crippen LogP contribution is 2.36. The molecule has 2 aromatic rings. The number of nitro groups is 1. The number of benzene rings is 1. The molecule has 0 radical (unpaired) electrons. The lowest BCUT2D eigenvalue weighted by molar-refractivity contribution is -0.387. The Morgan fingerprint density at radius 1 is 1.30 bits per heavy atom. The first-order valence-electron chi connectivity index (χ1n) is 5.91. The van der Waals surface area contributed by atoms with Gasteiger partial charge < -0.3 is 5.11 Å². The molecule has 0 aliphatic heterocycles. The minimum Gasteiger partial charge on any atom is -0.478 e. The number of hydrogen-bond donors (Lipinski definition) is 1. The van der Waals surface area contributed by atoms with Gasteiger partial charge in [0.05, 0.1) is 15.4 Å². The van der Waals surface area contributed by atoms with Gasteiger partial charge >= 0.3 is 11.9 Å². The van der Waals surface area contributed by atoms with Gasteiger partial charge in [0.2, 0.25) is 0 Å². The lowest BCUT2D eigenvalue weighted by Crippen LogP contribution is -2.04. The third kappa shape index (κ3) is 3.61. The van der Waals surface area contributed by atoms with Crippen LogP contribution in [0.15, 0.2) is 46.3 Å². The van der Waals surface area contributed by atoms with Crippen LogP contribution in [0, 0.1) is 10.1 Å². The highest BCUT2D eigenvalue weighted by molar-refractivity contribution is 7.99. The van der Waals surface area contributed by atoms with Crippen molar-refractivity contribution < 1.29 is 29.1 Å². The van der Waals surface area contributed by atoms with Gasteiger partial charge in [0.15, 0.2) is 5.69 Å². The monoisotopic (exact) mass is 338 g/mol. The average Bonchev–Trinajstić information content (AvgIpc) is 2.54. The van der Waals surface area contributed by atoms with Gasteiger partial charge in [-0.25, -0.2) is 19.5 Å². The van der Waals surface area contributed by atoms with E-state index in [0.717, 1.165) is 17.8 Å². The van der Waals surface area contributed by atoms with Gasteiger partial charge in [-0.1, -0.05) is 11.8 Å². The molecule has 2 rings (SSSR count). The fourth-order valence-electron chi connectivity index (χ4n) is 1.66. The zero-order chi connectivity index (χ0) is 17.0. The fourth-order valence-corrected chi connectivity index (χ4v) is 2.65. The van der Waals surface area contributed by atoms with Crippen LogP contribution in [-0.4, -0.2) is 27.0 Å². The molecule has 0 saturated carbocycles. The Bertz CT molecular complexity index is 798. The van der Waals surface area contributed by atoms with Crippen molar-refractivity contribution in [1.82, 2.24) is 4.98 Å². The Hall–Kier alpha value is -3.01. The topological polar surface area (TPSA) is 120 Å². The molecule has 1 heterocycles. The van der Waals surface area contributed by atoms with Crippen LogP contribution in [0.4, 0.5) is 10.2 Å². The van der Waals surface area contributed by atoms with Gasteiger partial charge in [0, 0.05) is 21.7 Å². The highest BCUT2D eigenvalue weighted by Gasteiger charge is 2.22. The van der Waals surface area contributed by atoms with E-state index >= 15 is 0 Å². The number of halogens is 1. The SMILES string of the molecule is O=C(O)c1ccc(Sc2cccnc2C(=O)OF)c([N+](=O)[O-])c1. The molecule has 8 nitrogen and oxygen atoms in total. The molecule has 23 heavy (non-hydrogen) atoms. The Kier molecular flexibility index (Phi) is 4.86. The third-order valence-corrected chi connectivity index (χ3v) is 3.77. The van der Waals surface area contributed by atoms with Crippen LogP contribution in [0.2, 0.25) is 0 Å². The van der Waals surface area contributed by atoms with E-state index in [2.05, 4.69) is 9.93 Å². The van der Waals surface area contributed by atoms with Crippen molar-refractivity contribution in [2.24, 2.45) is 0 Å². The number of rotatable bonds is 5. The summed E-state index contributed by atoms with van der Waals surface area (Å²) in [6.45, 7) is 0. The normalized spacial score (nSPS) is 10.1. The lowest BCUT2D eigenvalue weighted by atomic mass is 10.2. The molecule has 10 heteroatoms. The quantitative estimate of drug-likeness (QED) is 0.652. The molecule has 0 saturated heterocycles. The minimum atomic E-state index is -1.34. The number of nitrogens with zero attached hydrogens (tertiary/aromatic N) is 2. The van der Waals surface area contributed by atoms with Crippen molar-refractivity contribution in [2.45, 2.75) is 9.79 Å². The zero-order valence-electron chi connectivity index (χ0n) is 11.1. The molecule has 0 spiro atoms. The molecular weight excluding hydrogens is 331 g/mol. The second-order valence-electron chi connectivity index (χ2n) is 4.06. The summed E-state index contributed by atoms with van der Waals surface area (Å²) in [7, 11) is 0. The van der Waals surface area contributed by atoms with Crippen LogP contribution in [-0.2, 0) is 4.94 Å². The van der Waals surface area contributed by atoms with Crippen molar-refractivity contribution in [3.63, 3.8) is 0 Å². The number of carboxylic acids is 1. The van der Waals surface area contributed by atoms with Crippen molar-refractivity contribution in [1.29, 1.82) is 0 Å². The van der Waals surface area contributed by atoms with Gasteiger partial charge in [0.25, 0.3) is 5.69 Å². The molecule has 0 aliphatic rings. The van der Waals surface area contributed by atoms with Crippen LogP contribution in [0.3, 0.4) is 0 Å². The number of pyridine rings is 1. The second-order valence-corrected chi connectivity index (χ2v) is 5.15. The van der Waals surface area contributed by atoms with Crippen LogP contribution in [0.5, 0.6) is 0 Å². The van der Waals surface area contributed by atoms with Crippen molar-refractivity contribution in [2.75, 3.05) is 0 Å². The van der Waals surface area contributed by atoms with Crippen molar-refractivity contribution >= 4 is 29.4 Å². The number of nitro benzene ring substituents is 1. The van der Waals surface area contributed by atoms with Crippen molar-refractivity contribution in [3.05, 3.63) is 57.9 Å². The van der Waals surface area contributed by atoms with Gasteiger partial charge in [-0.3, -0.25) is 10.1 Å². The first kappa shape index (κ1) is 16.4. The maximum absolute atomic E-state index is 12.1. The van der Waals surface area contributed by atoms with Crippen LogP contribution in [0.1, 0.15) is 20.8 Å². The molecule has 1 aromatic carbocycles. The van der Waals surface area contributed by atoms with E-state index in [-0.39, 0.29) is 21.0 Å². The first-order chi connectivity index (χ1) is 10.9. The molecule has 0 unspecified atom stereocenters. The number of hydrogen-bond acceptors (Lipinski definition) is 7. The van der Waals surface area contributed by atoms with E-state index in [4.69, 9.17) is 5.11 Å². The van der Waals surface area contributed by atoms with E-state index in [1.54, 1.807) is 0 Å². The molecule has 118 valence electrons. The lowest BCUT2D eigenvalue weighted by Gasteiger charge is -2.06. The van der Waals surface area contributed by atoms with Gasteiger partial charge in [-0.05, 0) is 24.3 Å². The minimum absolute atomic E-state index is 0.0703. The molecule has 1 aromatic heterocycles. The summed E-state index contributed by atoms with van der Waals surface area (Å²) in [5, 5.41) is 20.0. The largest absolute Gasteiger partial charge is 0.478 e. The summed E-state index contributed by atoms with van der Waals surface area (Å²) in [6, 6.07) is 6.16. The highest BCUT2D eigenvalue weighted by atomic mass is 32.2. The van der Waals surface area contributed by atoms with Gasteiger partial charge in [-0.2, -0.15) is 0 Å². The van der Waals surface area contributed by atoms with E-state index in [9.17, 15) is 24.2 Å². The molecule has 0 bridgehead atoms. The number of aromatic carboxylic acids is 1. The molecule has 0 fully saturated rings. The van der Waals surface area contributed by atoms with E-state index in [1.165, 1.54) is 30.5 Å². The molecule has 0 atom stereocenters. The van der Waals surface area contributed by atoms with E-state index < -0.39 is 22.5 Å². The maximum atomic E-state index is 12.1. The Morgan fingerprint density at radius 3 is 2.65 bits per heavy atom. The smallest absolute Gasteiger partial charge is 0.398 e. The number of carboxylic acid groups (broad SMARTS) is 1. The van der Waals surface area contributed by atoms with Crippen LogP contribution in [0.25, 0.3) is 0 Å². The fraction of sp³-hybridized carbons (Fsp3) is 0. The Balaban J connectivity index is 2.47. The second kappa shape index (κ2) is 6.83. The summed E-state index contributed by atoms with van der Waals surface area (Å²) in [5.41, 5.74) is -1.06. The Morgan fingerprint density at radius 2 is 2.04 bits per heavy atom. The van der Waals surface area contributed by atoms with E-state index in [0.29, 0.717) is 0 Å². The molecule has 0 amide bonds. The predicted molar refractivity (Wildman–Crippen MR) is 74.9 cm³/mol. The summed E-state index contributed by atoms with van der Waals surface area (Å²) < 4.78 is 12.1. The zero-order valence-corrected chi connectivity index (χ0v) is 11.9. The standard InChI is InChI=1S/C13H7FN2O6S/c14-22-13(19)11-10(2-1-5-15-11)23-9-4-3-7(12(17)18)6-8(9)16(20)21/h1-6H,(H,17,18). The molecule has 1 N–H and O–H groups in total. The average molecular weight is 338 g/mol. The summed E-state index contributed by atoms with van der Waals surface area (Å²) in [5.74, 6) is -2.65.